The van der Waals surface area contributed by atoms with E-state index in [9.17, 15) is 4.79 Å². The average molecular weight is 368 g/mol. The Bertz CT molecular complexity index is 888. The van der Waals surface area contributed by atoms with Crippen LogP contribution in [0.5, 0.6) is 11.5 Å². The summed E-state index contributed by atoms with van der Waals surface area (Å²) in [4.78, 5) is 16.2. The van der Waals surface area contributed by atoms with E-state index in [2.05, 4.69) is 0 Å². The quantitative estimate of drug-likeness (QED) is 0.693. The van der Waals surface area contributed by atoms with Gasteiger partial charge in [-0.3, -0.25) is 4.79 Å². The number of carbonyl (C=O) groups excluding carboxylic acids is 1. The van der Waals surface area contributed by atoms with Crippen molar-refractivity contribution in [1.29, 1.82) is 0 Å². The standard InChI is InChI=1S/C20H20N2O3S/c1-21-10-4-6-15(21)12-22(13-16-7-5-11-26-16)20(23)19-14-24-17-8-2-3-9-18(17)25-19/h2-11,19H,12-14H2,1H3/t19-/m1/s1. The van der Waals surface area contributed by atoms with Gasteiger partial charge in [0.05, 0.1) is 13.1 Å². The molecule has 1 aliphatic heterocycles. The van der Waals surface area contributed by atoms with Crippen molar-refractivity contribution in [2.45, 2.75) is 19.2 Å². The molecule has 0 saturated heterocycles. The van der Waals surface area contributed by atoms with Gasteiger partial charge in [-0.15, -0.1) is 11.3 Å². The number of ether oxygens (including phenoxy) is 2. The molecule has 0 bridgehead atoms. The number of rotatable bonds is 5. The molecule has 0 fully saturated rings. The summed E-state index contributed by atoms with van der Waals surface area (Å²) in [5.74, 6) is 1.24. The van der Waals surface area contributed by atoms with E-state index in [1.807, 2.05) is 76.6 Å². The Kier molecular flexibility index (Phi) is 4.67. The Morgan fingerprint density at radius 1 is 1.15 bits per heavy atom. The highest BCUT2D eigenvalue weighted by Crippen LogP contribution is 2.31. The van der Waals surface area contributed by atoms with Crippen LogP contribution in [0.4, 0.5) is 0 Å². The summed E-state index contributed by atoms with van der Waals surface area (Å²) in [7, 11) is 1.99. The summed E-state index contributed by atoms with van der Waals surface area (Å²) in [5.41, 5.74) is 1.08. The van der Waals surface area contributed by atoms with Gasteiger partial charge >= 0.3 is 0 Å². The van der Waals surface area contributed by atoms with Gasteiger partial charge in [0.25, 0.3) is 5.91 Å². The van der Waals surface area contributed by atoms with Crippen LogP contribution in [0.2, 0.25) is 0 Å². The molecule has 1 aromatic carbocycles. The van der Waals surface area contributed by atoms with E-state index in [-0.39, 0.29) is 12.5 Å². The fourth-order valence-electron chi connectivity index (χ4n) is 3.00. The summed E-state index contributed by atoms with van der Waals surface area (Å²) in [6.45, 7) is 1.31. The number of aromatic nitrogens is 1. The Morgan fingerprint density at radius 3 is 2.73 bits per heavy atom. The van der Waals surface area contributed by atoms with Gasteiger partial charge in [-0.1, -0.05) is 18.2 Å². The molecule has 5 nitrogen and oxygen atoms in total. The molecule has 0 aliphatic carbocycles. The fourth-order valence-corrected chi connectivity index (χ4v) is 3.72. The predicted molar refractivity (Wildman–Crippen MR) is 100 cm³/mol. The van der Waals surface area contributed by atoms with Crippen LogP contribution < -0.4 is 9.47 Å². The van der Waals surface area contributed by atoms with E-state index in [0.29, 0.717) is 24.6 Å². The second kappa shape index (κ2) is 7.25. The minimum Gasteiger partial charge on any atom is -0.485 e. The number of fused-ring (bicyclic) bond motifs is 1. The van der Waals surface area contributed by atoms with E-state index in [4.69, 9.17) is 9.47 Å². The molecule has 6 heteroatoms. The Hall–Kier alpha value is -2.73. The largest absolute Gasteiger partial charge is 0.485 e. The highest BCUT2D eigenvalue weighted by atomic mass is 32.1. The summed E-state index contributed by atoms with van der Waals surface area (Å²) < 4.78 is 13.7. The number of benzene rings is 1. The van der Waals surface area contributed by atoms with Crippen molar-refractivity contribution in [3.63, 3.8) is 0 Å². The molecule has 4 rings (SSSR count). The van der Waals surface area contributed by atoms with Gasteiger partial charge in [0.15, 0.2) is 11.5 Å². The maximum absolute atomic E-state index is 13.2. The zero-order valence-electron chi connectivity index (χ0n) is 14.5. The number of carbonyl (C=O) groups is 1. The van der Waals surface area contributed by atoms with Crippen molar-refractivity contribution >= 4 is 17.2 Å². The van der Waals surface area contributed by atoms with E-state index < -0.39 is 6.10 Å². The third-order valence-corrected chi connectivity index (χ3v) is 5.29. The fraction of sp³-hybridized carbons (Fsp3) is 0.250. The van der Waals surface area contributed by atoms with Gasteiger partial charge in [0.1, 0.15) is 6.61 Å². The van der Waals surface area contributed by atoms with Crippen molar-refractivity contribution in [1.82, 2.24) is 9.47 Å². The maximum atomic E-state index is 13.2. The second-order valence-corrected chi connectivity index (χ2v) is 7.28. The van der Waals surface area contributed by atoms with E-state index in [1.165, 1.54) is 0 Å². The van der Waals surface area contributed by atoms with Crippen LogP contribution in [-0.4, -0.2) is 28.1 Å². The summed E-state index contributed by atoms with van der Waals surface area (Å²) in [6, 6.07) is 15.5. The number of thiophene rings is 1. The van der Waals surface area contributed by atoms with Crippen LogP contribution in [-0.2, 0) is 24.9 Å². The number of para-hydroxylation sites is 2. The minimum atomic E-state index is -0.634. The van der Waals surface area contributed by atoms with Crippen LogP contribution in [0.1, 0.15) is 10.6 Å². The lowest BCUT2D eigenvalue weighted by Crippen LogP contribution is -2.45. The zero-order chi connectivity index (χ0) is 17.9. The smallest absolute Gasteiger partial charge is 0.267 e. The second-order valence-electron chi connectivity index (χ2n) is 6.25. The molecule has 3 aromatic rings. The molecule has 26 heavy (non-hydrogen) atoms. The molecule has 3 heterocycles. The molecule has 0 saturated carbocycles. The number of amides is 1. The number of hydrogen-bond acceptors (Lipinski definition) is 4. The van der Waals surface area contributed by atoms with Crippen LogP contribution in [0.15, 0.2) is 60.1 Å². The van der Waals surface area contributed by atoms with Crippen LogP contribution in [0, 0.1) is 0 Å². The molecular weight excluding hydrogens is 348 g/mol. The topological polar surface area (TPSA) is 43.7 Å². The van der Waals surface area contributed by atoms with Gasteiger partial charge in [-0.2, -0.15) is 0 Å². The summed E-state index contributed by atoms with van der Waals surface area (Å²) in [6.07, 6.45) is 1.35. The Balaban J connectivity index is 1.55. The third-order valence-electron chi connectivity index (χ3n) is 4.43. The molecule has 0 unspecified atom stereocenters. The lowest BCUT2D eigenvalue weighted by Gasteiger charge is -2.30. The highest BCUT2D eigenvalue weighted by molar-refractivity contribution is 7.09. The maximum Gasteiger partial charge on any atom is 0.267 e. The lowest BCUT2D eigenvalue weighted by atomic mass is 10.2. The van der Waals surface area contributed by atoms with Gasteiger partial charge in [-0.05, 0) is 35.7 Å². The number of hydrogen-bond donors (Lipinski definition) is 0. The first-order valence-corrected chi connectivity index (χ1v) is 9.38. The van der Waals surface area contributed by atoms with Gasteiger partial charge in [0, 0.05) is 23.8 Å². The molecule has 1 aliphatic rings. The van der Waals surface area contributed by atoms with Gasteiger partial charge in [-0.25, -0.2) is 0 Å². The molecule has 2 aromatic heterocycles. The first-order valence-electron chi connectivity index (χ1n) is 8.50. The molecular formula is C20H20N2O3S. The number of aryl methyl sites for hydroxylation is 1. The minimum absolute atomic E-state index is 0.0610. The van der Waals surface area contributed by atoms with E-state index >= 15 is 0 Å². The molecule has 0 spiro atoms. The van der Waals surface area contributed by atoms with E-state index in [1.54, 1.807) is 11.3 Å². The predicted octanol–water partition coefficient (Wildman–Crippen LogP) is 3.46. The van der Waals surface area contributed by atoms with Crippen LogP contribution in [0.25, 0.3) is 0 Å². The monoisotopic (exact) mass is 368 g/mol. The van der Waals surface area contributed by atoms with Gasteiger partial charge in [0.2, 0.25) is 6.10 Å². The first kappa shape index (κ1) is 16.7. The highest BCUT2D eigenvalue weighted by Gasteiger charge is 2.31. The number of nitrogens with zero attached hydrogens (tertiary/aromatic N) is 2. The average Bonchev–Trinajstić information content (AvgIpc) is 3.32. The van der Waals surface area contributed by atoms with E-state index in [0.717, 1.165) is 10.6 Å². The molecule has 1 amide bonds. The van der Waals surface area contributed by atoms with Crippen molar-refractivity contribution in [3.05, 3.63) is 70.7 Å². The van der Waals surface area contributed by atoms with Crippen molar-refractivity contribution in [3.8, 4) is 11.5 Å². The van der Waals surface area contributed by atoms with Crippen molar-refractivity contribution < 1.29 is 14.3 Å². The van der Waals surface area contributed by atoms with Crippen molar-refractivity contribution in [2.75, 3.05) is 6.61 Å². The molecule has 0 radical (unpaired) electrons. The van der Waals surface area contributed by atoms with Crippen molar-refractivity contribution in [2.24, 2.45) is 7.05 Å². The summed E-state index contributed by atoms with van der Waals surface area (Å²) >= 11 is 1.65. The zero-order valence-corrected chi connectivity index (χ0v) is 15.3. The SMILES string of the molecule is Cn1cccc1CN(Cc1cccs1)C(=O)[C@H]1COc2ccccc2O1. The van der Waals surface area contributed by atoms with Crippen LogP contribution >= 0.6 is 11.3 Å². The molecule has 1 atom stereocenters. The first-order chi connectivity index (χ1) is 12.7. The summed E-state index contributed by atoms with van der Waals surface area (Å²) in [5, 5.41) is 2.02. The van der Waals surface area contributed by atoms with Crippen LogP contribution in [0.3, 0.4) is 0 Å². The Morgan fingerprint density at radius 2 is 2.00 bits per heavy atom. The third kappa shape index (κ3) is 3.46. The normalized spacial score (nSPS) is 15.7. The lowest BCUT2D eigenvalue weighted by molar-refractivity contribution is -0.142. The molecule has 0 N–H and O–H groups in total. The van der Waals surface area contributed by atoms with Gasteiger partial charge < -0.3 is 18.9 Å². The Labute approximate surface area is 156 Å². The molecule has 134 valence electrons.